The first-order valence-corrected chi connectivity index (χ1v) is 9.58. The number of carbonyl (C=O) groups excluding carboxylic acids is 3. The molecule has 0 saturated heterocycles. The Hall–Kier alpha value is -4.11. The molecule has 0 aliphatic carbocycles. The fourth-order valence-electron chi connectivity index (χ4n) is 3.23. The van der Waals surface area contributed by atoms with E-state index < -0.39 is 0 Å². The highest BCUT2D eigenvalue weighted by Gasteiger charge is 2.14. The van der Waals surface area contributed by atoms with E-state index >= 15 is 0 Å². The predicted octanol–water partition coefficient (Wildman–Crippen LogP) is 5.38. The Morgan fingerprint density at radius 1 is 0.300 bits per heavy atom. The van der Waals surface area contributed by atoms with Gasteiger partial charge in [0.15, 0.2) is 17.3 Å². The summed E-state index contributed by atoms with van der Waals surface area (Å²) in [6.07, 6.45) is 0. The topological polar surface area (TPSA) is 51.2 Å². The molecule has 4 aromatic rings. The first-order valence-electron chi connectivity index (χ1n) is 9.58. The highest BCUT2D eigenvalue weighted by molar-refractivity contribution is 6.13. The number of ketones is 3. The van der Waals surface area contributed by atoms with Crippen LogP contribution in [0.1, 0.15) is 47.8 Å². The average molecular weight is 390 g/mol. The quantitative estimate of drug-likeness (QED) is 0.415. The number of hydrogen-bond acceptors (Lipinski definition) is 3. The van der Waals surface area contributed by atoms with Crippen LogP contribution in [0, 0.1) is 0 Å². The van der Waals surface area contributed by atoms with Crippen LogP contribution in [0.15, 0.2) is 109 Å². The van der Waals surface area contributed by atoms with E-state index in [0.717, 1.165) is 0 Å². The molecule has 0 spiro atoms. The van der Waals surface area contributed by atoms with E-state index in [9.17, 15) is 14.4 Å². The largest absolute Gasteiger partial charge is 0.289 e. The molecule has 0 N–H and O–H groups in total. The molecule has 30 heavy (non-hydrogen) atoms. The van der Waals surface area contributed by atoms with Crippen molar-refractivity contribution in [1.29, 1.82) is 0 Å². The molecule has 0 bridgehead atoms. The first-order chi connectivity index (χ1) is 14.6. The van der Waals surface area contributed by atoms with E-state index in [1.165, 1.54) is 0 Å². The average Bonchev–Trinajstić information content (AvgIpc) is 2.84. The Morgan fingerprint density at radius 2 is 0.500 bits per heavy atom. The Morgan fingerprint density at radius 3 is 0.733 bits per heavy atom. The summed E-state index contributed by atoms with van der Waals surface area (Å²) in [5.74, 6) is -0.329. The van der Waals surface area contributed by atoms with Crippen LogP contribution < -0.4 is 0 Å². The molecular weight excluding hydrogens is 372 g/mol. The van der Waals surface area contributed by atoms with Crippen LogP contribution in [-0.4, -0.2) is 17.3 Å². The molecule has 0 heterocycles. The maximum atomic E-state index is 12.8. The van der Waals surface area contributed by atoms with Crippen molar-refractivity contribution in [3.8, 4) is 0 Å². The Bertz CT molecular complexity index is 1090. The van der Waals surface area contributed by atoms with Crippen LogP contribution in [-0.2, 0) is 0 Å². The van der Waals surface area contributed by atoms with Gasteiger partial charge in [-0.1, -0.05) is 109 Å². The predicted molar refractivity (Wildman–Crippen MR) is 116 cm³/mol. The molecule has 3 nitrogen and oxygen atoms in total. The Kier molecular flexibility index (Phi) is 5.44. The number of rotatable bonds is 6. The van der Waals surface area contributed by atoms with Crippen molar-refractivity contribution >= 4 is 17.3 Å². The van der Waals surface area contributed by atoms with Crippen molar-refractivity contribution < 1.29 is 14.4 Å². The molecule has 4 aromatic carbocycles. The Balaban J connectivity index is 1.50. The molecule has 0 aliphatic rings. The summed E-state index contributed by atoms with van der Waals surface area (Å²) in [5, 5.41) is 0. The first kappa shape index (κ1) is 19.2. The van der Waals surface area contributed by atoms with Crippen molar-refractivity contribution in [2.75, 3.05) is 0 Å². The van der Waals surface area contributed by atoms with Crippen molar-refractivity contribution in [3.05, 3.63) is 143 Å². The number of hydrogen-bond donors (Lipinski definition) is 0. The van der Waals surface area contributed by atoms with Crippen LogP contribution in [0.3, 0.4) is 0 Å². The minimum Gasteiger partial charge on any atom is -0.289 e. The standard InChI is InChI=1S/C27H18O3/c28-25(19-7-3-1-4-8-19)21-11-15-23(16-12-21)27(30)24-17-13-22(14-18-24)26(29)20-9-5-2-6-10-20/h1-18H. The lowest BCUT2D eigenvalue weighted by Gasteiger charge is -2.06. The second-order valence-corrected chi connectivity index (χ2v) is 6.87. The molecule has 0 unspecified atom stereocenters. The van der Waals surface area contributed by atoms with E-state index in [4.69, 9.17) is 0 Å². The molecule has 0 aromatic heterocycles. The minimum atomic E-state index is -0.160. The van der Waals surface area contributed by atoms with Crippen molar-refractivity contribution in [3.63, 3.8) is 0 Å². The Labute approximate surface area is 174 Å². The van der Waals surface area contributed by atoms with Crippen molar-refractivity contribution in [2.45, 2.75) is 0 Å². The van der Waals surface area contributed by atoms with Gasteiger partial charge in [-0.05, 0) is 0 Å². The smallest absolute Gasteiger partial charge is 0.193 e. The van der Waals surface area contributed by atoms with Crippen LogP contribution in [0.4, 0.5) is 0 Å². The SMILES string of the molecule is O=C(c1ccccc1)c1ccc(C(=O)c2ccc(C(=O)c3ccccc3)cc2)cc1. The fraction of sp³-hybridized carbons (Fsp3) is 0. The van der Waals surface area contributed by atoms with Gasteiger partial charge in [0.1, 0.15) is 0 Å². The van der Waals surface area contributed by atoms with E-state index in [1.54, 1.807) is 72.8 Å². The van der Waals surface area contributed by atoms with Gasteiger partial charge in [-0.25, -0.2) is 0 Å². The third kappa shape index (κ3) is 4.01. The summed E-state index contributed by atoms with van der Waals surface area (Å²) in [6.45, 7) is 0. The monoisotopic (exact) mass is 390 g/mol. The van der Waals surface area contributed by atoms with Gasteiger partial charge in [0.05, 0.1) is 0 Å². The van der Waals surface area contributed by atoms with Gasteiger partial charge in [0.2, 0.25) is 0 Å². The summed E-state index contributed by atoms with van der Waals surface area (Å²) in [7, 11) is 0. The van der Waals surface area contributed by atoms with Crippen LogP contribution in [0.2, 0.25) is 0 Å². The van der Waals surface area contributed by atoms with Gasteiger partial charge < -0.3 is 0 Å². The molecule has 0 saturated carbocycles. The summed E-state index contributed by atoms with van der Waals surface area (Å²) >= 11 is 0. The maximum Gasteiger partial charge on any atom is 0.193 e. The van der Waals surface area contributed by atoms with E-state index in [1.807, 2.05) is 36.4 Å². The van der Waals surface area contributed by atoms with Crippen LogP contribution in [0.25, 0.3) is 0 Å². The fourth-order valence-corrected chi connectivity index (χ4v) is 3.23. The van der Waals surface area contributed by atoms with Gasteiger partial charge >= 0.3 is 0 Å². The van der Waals surface area contributed by atoms with E-state index in [0.29, 0.717) is 33.4 Å². The lowest BCUT2D eigenvalue weighted by molar-refractivity contribution is 0.102. The summed E-state index contributed by atoms with van der Waals surface area (Å²) < 4.78 is 0. The molecule has 4 rings (SSSR count). The van der Waals surface area contributed by atoms with Gasteiger partial charge in [0, 0.05) is 33.4 Å². The zero-order valence-corrected chi connectivity index (χ0v) is 16.1. The highest BCUT2D eigenvalue weighted by atomic mass is 16.1. The van der Waals surface area contributed by atoms with Gasteiger partial charge in [-0.2, -0.15) is 0 Å². The minimum absolute atomic E-state index is 0.0848. The lowest BCUT2D eigenvalue weighted by Crippen LogP contribution is -2.05. The molecule has 0 aliphatic heterocycles. The molecule has 144 valence electrons. The highest BCUT2D eigenvalue weighted by Crippen LogP contribution is 2.16. The zero-order chi connectivity index (χ0) is 20.9. The third-order valence-corrected chi connectivity index (χ3v) is 4.89. The zero-order valence-electron chi connectivity index (χ0n) is 16.1. The van der Waals surface area contributed by atoms with E-state index in [2.05, 4.69) is 0 Å². The van der Waals surface area contributed by atoms with Crippen LogP contribution >= 0.6 is 0 Å². The van der Waals surface area contributed by atoms with Crippen molar-refractivity contribution in [1.82, 2.24) is 0 Å². The lowest BCUT2D eigenvalue weighted by atomic mass is 9.97. The molecule has 0 amide bonds. The number of carbonyl (C=O) groups is 3. The van der Waals surface area contributed by atoms with Crippen LogP contribution in [0.5, 0.6) is 0 Å². The number of benzene rings is 4. The molecular formula is C27H18O3. The molecule has 0 radical (unpaired) electrons. The maximum absolute atomic E-state index is 12.8. The molecule has 0 fully saturated rings. The van der Waals surface area contributed by atoms with E-state index in [-0.39, 0.29) is 17.3 Å². The molecule has 3 heteroatoms. The van der Waals surface area contributed by atoms with Gasteiger partial charge in [0.25, 0.3) is 0 Å². The summed E-state index contributed by atoms with van der Waals surface area (Å²) in [4.78, 5) is 37.8. The third-order valence-electron chi connectivity index (χ3n) is 4.89. The second-order valence-electron chi connectivity index (χ2n) is 6.87. The van der Waals surface area contributed by atoms with Crippen molar-refractivity contribution in [2.24, 2.45) is 0 Å². The molecule has 0 atom stereocenters. The summed E-state index contributed by atoms with van der Waals surface area (Å²) in [6, 6.07) is 31.3. The summed E-state index contributed by atoms with van der Waals surface area (Å²) in [5.41, 5.74) is 3.25. The van der Waals surface area contributed by atoms with Gasteiger partial charge in [-0.15, -0.1) is 0 Å². The normalized spacial score (nSPS) is 10.4. The van der Waals surface area contributed by atoms with Gasteiger partial charge in [-0.3, -0.25) is 14.4 Å². The second kappa shape index (κ2) is 8.50.